The third-order valence-electron chi connectivity index (χ3n) is 2.55. The lowest BCUT2D eigenvalue weighted by Gasteiger charge is -1.92. The fourth-order valence-electron chi connectivity index (χ4n) is 1.63. The molecule has 3 rings (SSSR count). The van der Waals surface area contributed by atoms with Crippen molar-refractivity contribution in [2.75, 3.05) is 0 Å². The summed E-state index contributed by atoms with van der Waals surface area (Å²) >= 11 is 3.20. The molecule has 0 atom stereocenters. The van der Waals surface area contributed by atoms with E-state index < -0.39 is 0 Å². The topological polar surface area (TPSA) is 42.9 Å². The Morgan fingerprint density at radius 2 is 2.25 bits per heavy atom. The molecular formula is C11H10N2OS2. The van der Waals surface area contributed by atoms with Crippen molar-refractivity contribution in [3.63, 3.8) is 0 Å². The molecule has 82 valence electrons. The maximum absolute atomic E-state index is 11.5. The molecule has 0 bridgehead atoms. The minimum absolute atomic E-state index is 0.0703. The summed E-state index contributed by atoms with van der Waals surface area (Å²) in [5.74, 6) is 0.645. The van der Waals surface area contributed by atoms with E-state index in [0.29, 0.717) is 11.6 Å². The maximum atomic E-state index is 11.5. The van der Waals surface area contributed by atoms with Gasteiger partial charge in [0.15, 0.2) is 15.8 Å². The van der Waals surface area contributed by atoms with Crippen LogP contribution in [0.25, 0.3) is 10.0 Å². The summed E-state index contributed by atoms with van der Waals surface area (Å²) in [5.41, 5.74) is 0.665. The first-order chi connectivity index (χ1) is 7.75. The van der Waals surface area contributed by atoms with Crippen LogP contribution in [0.1, 0.15) is 41.0 Å². The van der Waals surface area contributed by atoms with Gasteiger partial charge in [-0.05, 0) is 18.8 Å². The van der Waals surface area contributed by atoms with Gasteiger partial charge in [0, 0.05) is 23.4 Å². The molecule has 3 nitrogen and oxygen atoms in total. The van der Waals surface area contributed by atoms with Gasteiger partial charge < -0.3 is 0 Å². The SMILES string of the molecule is CC(=O)c1nc(-c2nccs2)sc1C1CC1. The number of carbonyl (C=O) groups is 1. The standard InChI is InChI=1S/C11H10N2OS2/c1-6(14)8-9(7-2-3-7)16-11(13-8)10-12-4-5-15-10/h4-5,7H,2-3H2,1H3. The van der Waals surface area contributed by atoms with Gasteiger partial charge in [0.25, 0.3) is 0 Å². The molecule has 2 aromatic rings. The van der Waals surface area contributed by atoms with E-state index in [1.165, 1.54) is 12.8 Å². The van der Waals surface area contributed by atoms with Gasteiger partial charge in [0.1, 0.15) is 5.69 Å². The van der Waals surface area contributed by atoms with Crippen LogP contribution in [0, 0.1) is 0 Å². The Kier molecular flexibility index (Phi) is 2.37. The van der Waals surface area contributed by atoms with E-state index in [9.17, 15) is 4.79 Å². The average Bonchev–Trinajstić information content (AvgIpc) is 2.83. The van der Waals surface area contributed by atoms with Crippen LogP contribution >= 0.6 is 22.7 Å². The Balaban J connectivity index is 2.08. The highest BCUT2D eigenvalue weighted by Crippen LogP contribution is 2.46. The Labute approximate surface area is 101 Å². The van der Waals surface area contributed by atoms with Gasteiger partial charge in [0.05, 0.1) is 0 Å². The molecule has 0 spiro atoms. The van der Waals surface area contributed by atoms with Crippen LogP contribution < -0.4 is 0 Å². The third kappa shape index (κ3) is 1.70. The average molecular weight is 250 g/mol. The van der Waals surface area contributed by atoms with Crippen LogP contribution in [0.4, 0.5) is 0 Å². The molecule has 0 saturated heterocycles. The van der Waals surface area contributed by atoms with Crippen molar-refractivity contribution in [1.29, 1.82) is 0 Å². The largest absolute Gasteiger partial charge is 0.293 e. The molecule has 0 N–H and O–H groups in total. The summed E-state index contributed by atoms with van der Waals surface area (Å²) in [6.45, 7) is 1.59. The first-order valence-electron chi connectivity index (χ1n) is 5.17. The van der Waals surface area contributed by atoms with E-state index in [1.54, 1.807) is 35.8 Å². The van der Waals surface area contributed by atoms with Crippen LogP contribution in [0.3, 0.4) is 0 Å². The van der Waals surface area contributed by atoms with Gasteiger partial charge in [-0.25, -0.2) is 9.97 Å². The number of hydrogen-bond donors (Lipinski definition) is 0. The minimum atomic E-state index is 0.0703. The molecule has 1 saturated carbocycles. The van der Waals surface area contributed by atoms with E-state index in [1.807, 2.05) is 5.38 Å². The van der Waals surface area contributed by atoms with Gasteiger partial charge in [-0.15, -0.1) is 22.7 Å². The zero-order valence-corrected chi connectivity index (χ0v) is 10.4. The number of Topliss-reactive ketones (excluding diaryl/α,β-unsaturated/α-hetero) is 1. The molecule has 1 aliphatic rings. The van der Waals surface area contributed by atoms with Gasteiger partial charge in [-0.2, -0.15) is 0 Å². The first kappa shape index (κ1) is 10.1. The van der Waals surface area contributed by atoms with E-state index in [-0.39, 0.29) is 5.78 Å². The summed E-state index contributed by atoms with van der Waals surface area (Å²) in [6, 6.07) is 0. The first-order valence-corrected chi connectivity index (χ1v) is 6.87. The number of carbonyl (C=O) groups excluding carboxylic acids is 1. The molecule has 0 aromatic carbocycles. The normalized spacial score (nSPS) is 15.3. The molecule has 0 radical (unpaired) electrons. The second kappa shape index (κ2) is 3.75. The van der Waals surface area contributed by atoms with Crippen LogP contribution in [0.2, 0.25) is 0 Å². The van der Waals surface area contributed by atoms with Gasteiger partial charge in [0.2, 0.25) is 0 Å². The Morgan fingerprint density at radius 3 is 2.81 bits per heavy atom. The lowest BCUT2D eigenvalue weighted by molar-refractivity contribution is 0.101. The van der Waals surface area contributed by atoms with Gasteiger partial charge in [-0.1, -0.05) is 0 Å². The Bertz CT molecular complexity index is 526. The quantitative estimate of drug-likeness (QED) is 0.785. The lowest BCUT2D eigenvalue weighted by Crippen LogP contribution is -1.96. The van der Waals surface area contributed by atoms with E-state index in [2.05, 4.69) is 9.97 Å². The monoisotopic (exact) mass is 250 g/mol. The highest BCUT2D eigenvalue weighted by molar-refractivity contribution is 7.20. The van der Waals surface area contributed by atoms with Crippen LogP contribution in [0.5, 0.6) is 0 Å². The smallest absolute Gasteiger partial charge is 0.179 e. The second-order valence-corrected chi connectivity index (χ2v) is 5.82. The molecule has 5 heteroatoms. The Hall–Kier alpha value is -1.07. The van der Waals surface area contributed by atoms with Crippen molar-refractivity contribution in [3.05, 3.63) is 22.1 Å². The van der Waals surface area contributed by atoms with Crippen molar-refractivity contribution < 1.29 is 4.79 Å². The fourth-order valence-corrected chi connectivity index (χ4v) is 3.59. The zero-order chi connectivity index (χ0) is 11.1. The number of rotatable bonds is 3. The lowest BCUT2D eigenvalue weighted by atomic mass is 10.2. The van der Waals surface area contributed by atoms with Gasteiger partial charge >= 0.3 is 0 Å². The number of aromatic nitrogens is 2. The fraction of sp³-hybridized carbons (Fsp3) is 0.364. The van der Waals surface area contributed by atoms with Crippen molar-refractivity contribution >= 4 is 28.5 Å². The molecular weight excluding hydrogens is 240 g/mol. The Morgan fingerprint density at radius 1 is 1.44 bits per heavy atom. The van der Waals surface area contributed by atoms with E-state index in [4.69, 9.17) is 0 Å². The zero-order valence-electron chi connectivity index (χ0n) is 8.77. The van der Waals surface area contributed by atoms with Crippen LogP contribution in [0.15, 0.2) is 11.6 Å². The highest BCUT2D eigenvalue weighted by Gasteiger charge is 2.31. The van der Waals surface area contributed by atoms with Crippen molar-refractivity contribution in [1.82, 2.24) is 9.97 Å². The van der Waals surface area contributed by atoms with Crippen molar-refractivity contribution in [2.24, 2.45) is 0 Å². The molecule has 0 unspecified atom stereocenters. The maximum Gasteiger partial charge on any atom is 0.179 e. The van der Waals surface area contributed by atoms with Crippen LogP contribution in [-0.2, 0) is 0 Å². The predicted molar refractivity (Wildman–Crippen MR) is 65.2 cm³/mol. The molecule has 2 aromatic heterocycles. The van der Waals surface area contributed by atoms with Gasteiger partial charge in [-0.3, -0.25) is 4.79 Å². The minimum Gasteiger partial charge on any atom is -0.293 e. The number of hydrogen-bond acceptors (Lipinski definition) is 5. The highest BCUT2D eigenvalue weighted by atomic mass is 32.1. The summed E-state index contributed by atoms with van der Waals surface area (Å²) in [4.78, 5) is 21.3. The predicted octanol–water partition coefficient (Wildman–Crippen LogP) is 3.35. The molecule has 1 fully saturated rings. The molecule has 16 heavy (non-hydrogen) atoms. The summed E-state index contributed by atoms with van der Waals surface area (Å²) in [6.07, 6.45) is 4.16. The molecule has 0 amide bonds. The summed E-state index contributed by atoms with van der Waals surface area (Å²) < 4.78 is 0. The number of ketones is 1. The summed E-state index contributed by atoms with van der Waals surface area (Å²) in [7, 11) is 0. The third-order valence-corrected chi connectivity index (χ3v) is 4.68. The molecule has 1 aliphatic carbocycles. The van der Waals surface area contributed by atoms with Crippen molar-refractivity contribution in [2.45, 2.75) is 25.7 Å². The van der Waals surface area contributed by atoms with E-state index >= 15 is 0 Å². The van der Waals surface area contributed by atoms with Crippen LogP contribution in [-0.4, -0.2) is 15.8 Å². The second-order valence-electron chi connectivity index (χ2n) is 3.90. The summed E-state index contributed by atoms with van der Waals surface area (Å²) in [5, 5.41) is 3.74. The van der Waals surface area contributed by atoms with E-state index in [0.717, 1.165) is 14.9 Å². The number of nitrogens with zero attached hydrogens (tertiary/aromatic N) is 2. The number of thiazole rings is 2. The molecule has 0 aliphatic heterocycles. The van der Waals surface area contributed by atoms with Crippen molar-refractivity contribution in [3.8, 4) is 10.0 Å². The molecule has 2 heterocycles.